The predicted octanol–water partition coefficient (Wildman–Crippen LogP) is 4.84. The number of para-hydroxylation sites is 1. The predicted molar refractivity (Wildman–Crippen MR) is 120 cm³/mol. The molecule has 0 spiro atoms. The van der Waals surface area contributed by atoms with Crippen LogP contribution in [-0.2, 0) is 24.1 Å². The molecule has 0 atom stereocenters. The topological polar surface area (TPSA) is 69.5 Å². The fourth-order valence-electron chi connectivity index (χ4n) is 3.76. The molecule has 4 rings (SSSR count). The lowest BCUT2D eigenvalue weighted by Gasteiger charge is -2.31. The van der Waals surface area contributed by atoms with Gasteiger partial charge in [-0.2, -0.15) is 18.3 Å². The van der Waals surface area contributed by atoms with E-state index in [4.69, 9.17) is 9.47 Å². The Morgan fingerprint density at radius 2 is 1.86 bits per heavy atom. The molecule has 0 bridgehead atoms. The zero-order valence-electron chi connectivity index (χ0n) is 19.2. The summed E-state index contributed by atoms with van der Waals surface area (Å²) in [5.74, 6) is -2.13. The van der Waals surface area contributed by atoms with Gasteiger partial charge in [-0.25, -0.2) is 13.8 Å². The van der Waals surface area contributed by atoms with Gasteiger partial charge in [-0.05, 0) is 43.9 Å². The third-order valence-corrected chi connectivity index (χ3v) is 6.66. The zero-order valence-corrected chi connectivity index (χ0v) is 20.0. The monoisotopic (exact) mass is 530 g/mol. The molecule has 0 radical (unpaired) electrons. The summed E-state index contributed by atoms with van der Waals surface area (Å²) in [6.07, 6.45) is -1.70. The lowest BCUT2D eigenvalue weighted by Crippen LogP contribution is -2.41. The number of benzene rings is 1. The van der Waals surface area contributed by atoms with Crippen molar-refractivity contribution in [1.29, 1.82) is 0 Å². The normalized spacial score (nSPS) is 14.8. The number of nitrogens with zero attached hydrogens (tertiary/aromatic N) is 4. The lowest BCUT2D eigenvalue weighted by atomic mass is 9.98. The zero-order chi connectivity index (χ0) is 25.9. The number of carbonyl (C=O) groups is 1. The van der Waals surface area contributed by atoms with Crippen molar-refractivity contribution in [1.82, 2.24) is 19.7 Å². The van der Waals surface area contributed by atoms with Gasteiger partial charge in [-0.15, -0.1) is 0 Å². The molecule has 0 aliphatic carbocycles. The highest BCUT2D eigenvalue weighted by atomic mass is 32.1. The van der Waals surface area contributed by atoms with E-state index in [-0.39, 0.29) is 30.7 Å². The van der Waals surface area contributed by atoms with Crippen LogP contribution >= 0.6 is 11.3 Å². The van der Waals surface area contributed by atoms with Gasteiger partial charge < -0.3 is 14.4 Å². The maximum absolute atomic E-state index is 13.7. The minimum absolute atomic E-state index is 0.0560. The van der Waals surface area contributed by atoms with Crippen LogP contribution in [0.15, 0.2) is 30.5 Å². The third kappa shape index (κ3) is 6.31. The molecule has 2 aromatic heterocycles. The summed E-state index contributed by atoms with van der Waals surface area (Å²) in [6, 6.07) is 4.40. The van der Waals surface area contributed by atoms with E-state index in [1.54, 1.807) is 4.90 Å². The molecule has 1 saturated heterocycles. The van der Waals surface area contributed by atoms with E-state index >= 15 is 0 Å². The van der Waals surface area contributed by atoms with Gasteiger partial charge in [0.05, 0.1) is 11.5 Å². The van der Waals surface area contributed by atoms with Crippen molar-refractivity contribution in [2.45, 2.75) is 39.1 Å². The van der Waals surface area contributed by atoms with Crippen molar-refractivity contribution in [2.24, 2.45) is 5.92 Å². The quantitative estimate of drug-likeness (QED) is 0.390. The fourth-order valence-corrected chi connectivity index (χ4v) is 4.44. The van der Waals surface area contributed by atoms with Crippen LogP contribution in [-0.4, -0.2) is 45.3 Å². The summed E-state index contributed by atoms with van der Waals surface area (Å²) in [4.78, 5) is 19.0. The summed E-state index contributed by atoms with van der Waals surface area (Å²) in [5, 5.41) is 3.91. The third-order valence-electron chi connectivity index (χ3n) is 5.78. The molecule has 0 unspecified atom stereocenters. The van der Waals surface area contributed by atoms with Crippen molar-refractivity contribution in [2.75, 3.05) is 19.7 Å². The van der Waals surface area contributed by atoms with Crippen LogP contribution in [0, 0.1) is 24.5 Å². The lowest BCUT2D eigenvalue weighted by molar-refractivity contribution is -0.142. The Bertz CT molecular complexity index is 1180. The molecule has 1 fully saturated rings. The van der Waals surface area contributed by atoms with Gasteiger partial charge in [0, 0.05) is 25.0 Å². The Morgan fingerprint density at radius 1 is 1.17 bits per heavy atom. The maximum atomic E-state index is 13.7. The maximum Gasteiger partial charge on any atom is 0.435 e. The number of alkyl halides is 3. The molecule has 194 valence electrons. The summed E-state index contributed by atoms with van der Waals surface area (Å²) in [7, 11) is 0. The summed E-state index contributed by atoms with van der Waals surface area (Å²) < 4.78 is 77.9. The van der Waals surface area contributed by atoms with Crippen LogP contribution in [0.25, 0.3) is 0 Å². The Morgan fingerprint density at radius 3 is 2.50 bits per heavy atom. The molecule has 13 heteroatoms. The molecule has 1 aliphatic rings. The largest absolute Gasteiger partial charge is 0.482 e. The summed E-state index contributed by atoms with van der Waals surface area (Å²) in [6.45, 7) is 2.48. The number of carbonyl (C=O) groups excluding carboxylic acids is 1. The minimum atomic E-state index is -4.56. The van der Waals surface area contributed by atoms with Crippen LogP contribution < -0.4 is 9.47 Å². The number of thiazole rings is 1. The van der Waals surface area contributed by atoms with Crippen LogP contribution in [0.3, 0.4) is 0 Å². The van der Waals surface area contributed by atoms with Gasteiger partial charge in [0.15, 0.2) is 23.1 Å². The second-order valence-electron chi connectivity index (χ2n) is 8.39. The number of rotatable bonds is 8. The highest BCUT2D eigenvalue weighted by molar-refractivity contribution is 7.13. The molecule has 0 saturated carbocycles. The molecule has 3 aromatic rings. The molecule has 1 aromatic carbocycles. The molecule has 3 heterocycles. The van der Waals surface area contributed by atoms with E-state index in [1.165, 1.54) is 30.5 Å². The average Bonchev–Trinajstić information content (AvgIpc) is 3.44. The Balaban J connectivity index is 1.21. The molecular weight excluding hydrogens is 507 g/mol. The van der Waals surface area contributed by atoms with Crippen molar-refractivity contribution in [3.63, 3.8) is 0 Å². The van der Waals surface area contributed by atoms with E-state index in [0.717, 1.165) is 22.9 Å². The molecule has 7 nitrogen and oxygen atoms in total. The van der Waals surface area contributed by atoms with Gasteiger partial charge >= 0.3 is 6.18 Å². The smallest absolute Gasteiger partial charge is 0.435 e. The second kappa shape index (κ2) is 10.8. The average molecular weight is 531 g/mol. The van der Waals surface area contributed by atoms with E-state index < -0.39 is 29.3 Å². The van der Waals surface area contributed by atoms with Gasteiger partial charge in [0.2, 0.25) is 5.91 Å². The molecule has 1 amide bonds. The highest BCUT2D eigenvalue weighted by Crippen LogP contribution is 2.29. The van der Waals surface area contributed by atoms with Crippen molar-refractivity contribution in [3.05, 3.63) is 58.4 Å². The van der Waals surface area contributed by atoms with Crippen molar-refractivity contribution < 1.29 is 36.2 Å². The van der Waals surface area contributed by atoms with E-state index in [2.05, 4.69) is 10.1 Å². The first-order chi connectivity index (χ1) is 17.1. The first kappa shape index (κ1) is 25.9. The van der Waals surface area contributed by atoms with Crippen LogP contribution in [0.4, 0.5) is 22.0 Å². The van der Waals surface area contributed by atoms with Crippen molar-refractivity contribution in [3.8, 4) is 10.9 Å². The van der Waals surface area contributed by atoms with Crippen LogP contribution in [0.1, 0.15) is 29.1 Å². The molecule has 1 aliphatic heterocycles. The SMILES string of the molecule is Cc1cc(C(F)(F)F)nn1CC(=O)N1CCC(COc2ncc(COc3c(F)cccc3F)s2)CC1. The Kier molecular flexibility index (Phi) is 7.76. The van der Waals surface area contributed by atoms with Crippen LogP contribution in [0.2, 0.25) is 0 Å². The van der Waals surface area contributed by atoms with Crippen LogP contribution in [0.5, 0.6) is 10.9 Å². The standard InChI is InChI=1S/C23H23F5N4O3S/c1-14-9-19(23(26,27)28)30-32(14)11-20(33)31-7-5-15(6-8-31)12-35-22-29-10-16(36-22)13-34-21-17(24)3-2-4-18(21)25/h2-4,9-10,15H,5-8,11-13H2,1H3. The Labute approximate surface area is 207 Å². The van der Waals surface area contributed by atoms with Crippen molar-refractivity contribution >= 4 is 17.2 Å². The van der Waals surface area contributed by atoms with Gasteiger partial charge in [-0.1, -0.05) is 17.4 Å². The number of likely N-dealkylation sites (tertiary alicyclic amines) is 1. The molecular formula is C23H23F5N4O3S. The first-order valence-corrected chi connectivity index (χ1v) is 12.0. The number of ether oxygens (including phenoxy) is 2. The van der Waals surface area contributed by atoms with E-state index in [1.807, 2.05) is 0 Å². The number of piperidine rings is 1. The number of amides is 1. The minimum Gasteiger partial charge on any atom is -0.482 e. The second-order valence-corrected chi connectivity index (χ2v) is 9.47. The number of halogens is 5. The molecule has 36 heavy (non-hydrogen) atoms. The number of hydrogen-bond acceptors (Lipinski definition) is 6. The van der Waals surface area contributed by atoms with Gasteiger partial charge in [0.1, 0.15) is 13.2 Å². The number of aryl methyl sites for hydroxylation is 1. The summed E-state index contributed by atoms with van der Waals surface area (Å²) >= 11 is 1.21. The summed E-state index contributed by atoms with van der Waals surface area (Å²) in [5.41, 5.74) is -0.744. The Hall–Kier alpha value is -3.22. The van der Waals surface area contributed by atoms with Gasteiger partial charge in [-0.3, -0.25) is 9.48 Å². The van der Waals surface area contributed by atoms with E-state index in [0.29, 0.717) is 42.6 Å². The first-order valence-electron chi connectivity index (χ1n) is 11.1. The number of hydrogen-bond donors (Lipinski definition) is 0. The number of aromatic nitrogens is 3. The molecule has 0 N–H and O–H groups in total. The van der Waals surface area contributed by atoms with E-state index in [9.17, 15) is 26.7 Å². The van der Waals surface area contributed by atoms with Gasteiger partial charge in [0.25, 0.3) is 5.19 Å². The highest BCUT2D eigenvalue weighted by Gasteiger charge is 2.35. The fraction of sp³-hybridized carbons (Fsp3) is 0.435.